The van der Waals surface area contributed by atoms with Gasteiger partial charge in [-0.3, -0.25) is 4.90 Å². The number of benzene rings is 1. The SMILES string of the molecule is CC1CC(C#N)(Nc2ccccc2Cl)CN1C1CC1. The number of nitrogens with zero attached hydrogens (tertiary/aromatic N) is 2. The minimum Gasteiger partial charge on any atom is -0.365 e. The molecule has 100 valence electrons. The predicted octanol–water partition coefficient (Wildman–Crippen LogP) is 3.27. The van der Waals surface area contributed by atoms with Gasteiger partial charge in [0.25, 0.3) is 0 Å². The van der Waals surface area contributed by atoms with Crippen molar-refractivity contribution in [3.63, 3.8) is 0 Å². The van der Waals surface area contributed by atoms with Gasteiger partial charge in [0, 0.05) is 25.0 Å². The van der Waals surface area contributed by atoms with Crippen LogP contribution in [0.4, 0.5) is 5.69 Å². The number of nitrogens with one attached hydrogen (secondary N) is 1. The highest BCUT2D eigenvalue weighted by Gasteiger charge is 2.47. The first-order chi connectivity index (χ1) is 9.13. The summed E-state index contributed by atoms with van der Waals surface area (Å²) in [5.41, 5.74) is 0.350. The number of nitriles is 1. The van der Waals surface area contributed by atoms with Crippen molar-refractivity contribution in [1.29, 1.82) is 5.26 Å². The third kappa shape index (κ3) is 2.43. The first-order valence-corrected chi connectivity index (χ1v) is 7.21. The van der Waals surface area contributed by atoms with Crippen molar-refractivity contribution in [2.24, 2.45) is 0 Å². The molecule has 1 N–H and O–H groups in total. The molecule has 1 saturated heterocycles. The van der Waals surface area contributed by atoms with Gasteiger partial charge in [0.1, 0.15) is 5.54 Å². The van der Waals surface area contributed by atoms with Crippen molar-refractivity contribution >= 4 is 17.3 Å². The number of halogens is 1. The van der Waals surface area contributed by atoms with Crippen molar-refractivity contribution < 1.29 is 0 Å². The highest BCUT2D eigenvalue weighted by Crippen LogP contribution is 2.39. The van der Waals surface area contributed by atoms with Crippen LogP contribution in [0.15, 0.2) is 24.3 Å². The Morgan fingerprint density at radius 3 is 2.79 bits per heavy atom. The zero-order chi connectivity index (χ0) is 13.5. The normalized spacial score (nSPS) is 31.1. The molecule has 19 heavy (non-hydrogen) atoms. The zero-order valence-electron chi connectivity index (χ0n) is 11.1. The zero-order valence-corrected chi connectivity index (χ0v) is 11.8. The molecule has 2 fully saturated rings. The van der Waals surface area contributed by atoms with Gasteiger partial charge in [-0.25, -0.2) is 0 Å². The summed E-state index contributed by atoms with van der Waals surface area (Å²) in [6, 6.07) is 11.3. The van der Waals surface area contributed by atoms with E-state index in [4.69, 9.17) is 11.6 Å². The molecule has 1 aliphatic carbocycles. The van der Waals surface area contributed by atoms with E-state index in [1.165, 1.54) is 12.8 Å². The fourth-order valence-electron chi connectivity index (χ4n) is 3.07. The first kappa shape index (κ1) is 12.8. The second kappa shape index (κ2) is 4.70. The Kier molecular flexibility index (Phi) is 3.16. The Morgan fingerprint density at radius 1 is 1.42 bits per heavy atom. The van der Waals surface area contributed by atoms with Crippen LogP contribution in [0.3, 0.4) is 0 Å². The lowest BCUT2D eigenvalue weighted by Crippen LogP contribution is -2.40. The van der Waals surface area contributed by atoms with E-state index in [1.807, 2.05) is 24.3 Å². The van der Waals surface area contributed by atoms with Crippen molar-refractivity contribution in [2.45, 2.75) is 43.8 Å². The Balaban J connectivity index is 1.81. The largest absolute Gasteiger partial charge is 0.365 e. The molecule has 2 atom stereocenters. The third-order valence-electron chi connectivity index (χ3n) is 4.14. The monoisotopic (exact) mass is 275 g/mol. The van der Waals surface area contributed by atoms with Crippen LogP contribution >= 0.6 is 11.6 Å². The van der Waals surface area contributed by atoms with E-state index in [2.05, 4.69) is 23.2 Å². The van der Waals surface area contributed by atoms with Gasteiger partial charge in [-0.05, 0) is 31.9 Å². The van der Waals surface area contributed by atoms with Gasteiger partial charge < -0.3 is 5.32 Å². The third-order valence-corrected chi connectivity index (χ3v) is 4.47. The van der Waals surface area contributed by atoms with Crippen molar-refractivity contribution in [1.82, 2.24) is 4.90 Å². The second-order valence-corrected chi connectivity index (χ2v) is 6.16. The molecule has 1 aromatic carbocycles. The number of likely N-dealkylation sites (tertiary alicyclic amines) is 1. The van der Waals surface area contributed by atoms with Gasteiger partial charge in [0.2, 0.25) is 0 Å². The van der Waals surface area contributed by atoms with Crippen LogP contribution in [0, 0.1) is 11.3 Å². The topological polar surface area (TPSA) is 39.1 Å². The van der Waals surface area contributed by atoms with E-state index < -0.39 is 5.54 Å². The fraction of sp³-hybridized carbons (Fsp3) is 0.533. The summed E-state index contributed by atoms with van der Waals surface area (Å²) in [6.07, 6.45) is 3.40. The summed E-state index contributed by atoms with van der Waals surface area (Å²) in [7, 11) is 0. The minimum absolute atomic E-state index is 0.460. The first-order valence-electron chi connectivity index (χ1n) is 6.83. The molecule has 1 saturated carbocycles. The predicted molar refractivity (Wildman–Crippen MR) is 77.2 cm³/mol. The summed E-state index contributed by atoms with van der Waals surface area (Å²) >= 11 is 6.18. The molecule has 3 rings (SSSR count). The van der Waals surface area contributed by atoms with Gasteiger partial charge in [0.05, 0.1) is 16.8 Å². The molecular weight excluding hydrogens is 258 g/mol. The molecule has 2 aliphatic rings. The van der Waals surface area contributed by atoms with E-state index in [0.717, 1.165) is 18.7 Å². The molecule has 0 spiro atoms. The highest BCUT2D eigenvalue weighted by molar-refractivity contribution is 6.33. The lowest BCUT2D eigenvalue weighted by Gasteiger charge is -2.25. The Morgan fingerprint density at radius 2 is 2.16 bits per heavy atom. The molecule has 0 radical (unpaired) electrons. The van der Waals surface area contributed by atoms with Gasteiger partial charge in [-0.1, -0.05) is 23.7 Å². The number of rotatable bonds is 3. The van der Waals surface area contributed by atoms with Gasteiger partial charge >= 0.3 is 0 Å². The van der Waals surface area contributed by atoms with Crippen LogP contribution in [0.25, 0.3) is 0 Å². The van der Waals surface area contributed by atoms with Gasteiger partial charge in [-0.15, -0.1) is 0 Å². The van der Waals surface area contributed by atoms with Gasteiger partial charge in [-0.2, -0.15) is 5.26 Å². The lowest BCUT2D eigenvalue weighted by atomic mass is 9.98. The number of hydrogen-bond donors (Lipinski definition) is 1. The molecule has 4 heteroatoms. The van der Waals surface area contributed by atoms with Crippen LogP contribution in [0.2, 0.25) is 5.02 Å². The number of anilines is 1. The van der Waals surface area contributed by atoms with Crippen LogP contribution in [0.1, 0.15) is 26.2 Å². The average Bonchev–Trinajstić information content (AvgIpc) is 3.18. The second-order valence-electron chi connectivity index (χ2n) is 5.76. The van der Waals surface area contributed by atoms with Crippen LogP contribution in [0.5, 0.6) is 0 Å². The molecule has 1 aromatic rings. The molecular formula is C15H18ClN3. The van der Waals surface area contributed by atoms with Crippen molar-refractivity contribution in [2.75, 3.05) is 11.9 Å². The molecule has 1 aliphatic heterocycles. The highest BCUT2D eigenvalue weighted by atomic mass is 35.5. The van der Waals surface area contributed by atoms with E-state index >= 15 is 0 Å². The van der Waals surface area contributed by atoms with Crippen molar-refractivity contribution in [3.05, 3.63) is 29.3 Å². The maximum absolute atomic E-state index is 9.62. The summed E-state index contributed by atoms with van der Waals surface area (Å²) in [5, 5.41) is 13.7. The smallest absolute Gasteiger partial charge is 0.139 e. The molecule has 2 unspecified atom stereocenters. The van der Waals surface area contributed by atoms with E-state index in [-0.39, 0.29) is 0 Å². The summed E-state index contributed by atoms with van der Waals surface area (Å²) in [6.45, 7) is 3.01. The molecule has 1 heterocycles. The van der Waals surface area contributed by atoms with E-state index in [1.54, 1.807) is 0 Å². The number of hydrogen-bond acceptors (Lipinski definition) is 3. The molecule has 0 amide bonds. The minimum atomic E-state index is -0.507. The van der Waals surface area contributed by atoms with E-state index in [9.17, 15) is 5.26 Å². The Bertz CT molecular complexity index is 520. The summed E-state index contributed by atoms with van der Waals surface area (Å²) in [5.74, 6) is 0. The molecule has 3 nitrogen and oxygen atoms in total. The summed E-state index contributed by atoms with van der Waals surface area (Å²) < 4.78 is 0. The summed E-state index contributed by atoms with van der Waals surface area (Å²) in [4.78, 5) is 2.47. The molecule has 0 bridgehead atoms. The van der Waals surface area contributed by atoms with Gasteiger partial charge in [0.15, 0.2) is 0 Å². The van der Waals surface area contributed by atoms with E-state index in [0.29, 0.717) is 17.1 Å². The number of para-hydroxylation sites is 1. The maximum atomic E-state index is 9.62. The molecule has 0 aromatic heterocycles. The van der Waals surface area contributed by atoms with Crippen LogP contribution < -0.4 is 5.32 Å². The average molecular weight is 276 g/mol. The quantitative estimate of drug-likeness (QED) is 0.920. The van der Waals surface area contributed by atoms with Crippen LogP contribution in [-0.4, -0.2) is 29.1 Å². The standard InChI is InChI=1S/C15H18ClN3/c1-11-8-15(9-17,10-19(11)12-6-7-12)18-14-5-3-2-4-13(14)16/h2-5,11-12,18H,6-8,10H2,1H3. The van der Waals surface area contributed by atoms with Crippen LogP contribution in [-0.2, 0) is 0 Å². The Labute approximate surface area is 119 Å². The fourth-order valence-corrected chi connectivity index (χ4v) is 3.25. The Hall–Kier alpha value is -1.24. The maximum Gasteiger partial charge on any atom is 0.139 e. The lowest BCUT2D eigenvalue weighted by molar-refractivity contribution is 0.255. The van der Waals surface area contributed by atoms with Crippen molar-refractivity contribution in [3.8, 4) is 6.07 Å².